The molecule has 0 radical (unpaired) electrons. The first kappa shape index (κ1) is 20.8. The van der Waals surface area contributed by atoms with Crippen molar-refractivity contribution >= 4 is 29.0 Å². The number of aromatic nitrogens is 1. The first-order valence-electron chi connectivity index (χ1n) is 9.08. The Morgan fingerprint density at radius 3 is 2.27 bits per heavy atom. The summed E-state index contributed by atoms with van der Waals surface area (Å²) in [6.07, 6.45) is 2.53. The highest BCUT2D eigenvalue weighted by atomic mass is 32.1. The maximum absolute atomic E-state index is 13.1. The van der Waals surface area contributed by atoms with E-state index in [0.29, 0.717) is 21.3 Å². The molecule has 0 unspecified atom stereocenters. The Kier molecular flexibility index (Phi) is 6.26. The number of benzene rings is 2. The molecule has 0 saturated carbocycles. The Labute approximate surface area is 176 Å². The van der Waals surface area contributed by atoms with Crippen LogP contribution in [0.15, 0.2) is 53.3 Å². The van der Waals surface area contributed by atoms with Crippen molar-refractivity contribution in [1.29, 1.82) is 10.5 Å². The van der Waals surface area contributed by atoms with Crippen LogP contribution in [0.1, 0.15) is 28.4 Å². The van der Waals surface area contributed by atoms with Gasteiger partial charge in [-0.1, -0.05) is 31.2 Å². The van der Waals surface area contributed by atoms with Crippen LogP contribution in [-0.2, 0) is 11.2 Å². The second kappa shape index (κ2) is 9.04. The number of nitriles is 2. The number of esters is 1. The van der Waals surface area contributed by atoms with E-state index in [-0.39, 0.29) is 15.8 Å². The number of nitrogens with zero attached hydrogens (tertiary/aromatic N) is 3. The highest BCUT2D eigenvalue weighted by Gasteiger charge is 2.11. The summed E-state index contributed by atoms with van der Waals surface area (Å²) in [6.45, 7) is 2.03. The van der Waals surface area contributed by atoms with Gasteiger partial charge < -0.3 is 4.74 Å². The van der Waals surface area contributed by atoms with Gasteiger partial charge in [0.15, 0.2) is 5.57 Å². The molecule has 0 saturated heterocycles. The third-order valence-corrected chi connectivity index (χ3v) is 5.59. The summed E-state index contributed by atoms with van der Waals surface area (Å²) >= 11 is 1.08. The van der Waals surface area contributed by atoms with Gasteiger partial charge in [-0.25, -0.2) is 4.79 Å². The molecule has 0 aliphatic carbocycles. The minimum atomic E-state index is -0.444. The van der Waals surface area contributed by atoms with Crippen molar-refractivity contribution in [2.45, 2.75) is 13.3 Å². The summed E-state index contributed by atoms with van der Waals surface area (Å²) < 4.78 is 6.73. The number of carbonyl (C=O) groups excluding carboxylic acids is 1. The van der Waals surface area contributed by atoms with Gasteiger partial charge in [-0.05, 0) is 47.9 Å². The van der Waals surface area contributed by atoms with Gasteiger partial charge in [0.1, 0.15) is 16.8 Å². The minimum Gasteiger partial charge on any atom is -0.465 e. The lowest BCUT2D eigenvalue weighted by Crippen LogP contribution is -2.30. The monoisotopic (exact) mass is 415 g/mol. The Morgan fingerprint density at radius 1 is 1.10 bits per heavy atom. The van der Waals surface area contributed by atoms with E-state index in [1.165, 1.54) is 11.7 Å². The summed E-state index contributed by atoms with van der Waals surface area (Å²) in [4.78, 5) is 24.7. The molecule has 0 atom stereocenters. The number of ether oxygens (including phenoxy) is 1. The lowest BCUT2D eigenvalue weighted by molar-refractivity contribution is 0.0600. The summed E-state index contributed by atoms with van der Waals surface area (Å²) in [5, 5.41) is 18.7. The lowest BCUT2D eigenvalue weighted by Gasteiger charge is -2.03. The zero-order valence-electron chi connectivity index (χ0n) is 16.4. The zero-order valence-corrected chi connectivity index (χ0v) is 17.2. The van der Waals surface area contributed by atoms with Crippen molar-refractivity contribution in [2.24, 2.45) is 0 Å². The van der Waals surface area contributed by atoms with E-state index in [4.69, 9.17) is 0 Å². The van der Waals surface area contributed by atoms with E-state index in [1.807, 2.05) is 31.2 Å². The van der Waals surface area contributed by atoms with Crippen LogP contribution in [0.5, 0.6) is 0 Å². The highest BCUT2D eigenvalue weighted by Crippen LogP contribution is 2.09. The van der Waals surface area contributed by atoms with Gasteiger partial charge in [0, 0.05) is 0 Å². The van der Waals surface area contributed by atoms with Gasteiger partial charge in [0.25, 0.3) is 5.56 Å². The fourth-order valence-corrected chi connectivity index (χ4v) is 3.93. The molecule has 7 heteroatoms. The average molecular weight is 415 g/mol. The van der Waals surface area contributed by atoms with E-state index in [1.54, 1.807) is 42.5 Å². The summed E-state index contributed by atoms with van der Waals surface area (Å²) in [5.41, 5.74) is 2.37. The topological polar surface area (TPSA) is 95.9 Å². The number of hydrogen-bond acceptors (Lipinski definition) is 6. The summed E-state index contributed by atoms with van der Waals surface area (Å²) in [7, 11) is 1.31. The number of thiazole rings is 1. The van der Waals surface area contributed by atoms with Gasteiger partial charge in [-0.15, -0.1) is 11.3 Å². The number of hydrogen-bond donors (Lipinski definition) is 0. The van der Waals surface area contributed by atoms with Crippen molar-refractivity contribution < 1.29 is 9.53 Å². The van der Waals surface area contributed by atoms with Gasteiger partial charge in [-0.3, -0.25) is 9.36 Å². The van der Waals surface area contributed by atoms with Crippen LogP contribution in [0.3, 0.4) is 0 Å². The molecule has 1 aromatic heterocycles. The average Bonchev–Trinajstić information content (AvgIpc) is 3.10. The third kappa shape index (κ3) is 4.07. The normalized spacial score (nSPS) is 10.9. The molecule has 3 aromatic rings. The predicted octanol–water partition coefficient (Wildman–Crippen LogP) is 2.27. The molecule has 0 aliphatic rings. The first-order chi connectivity index (χ1) is 14.5. The molecule has 0 aliphatic heterocycles. The van der Waals surface area contributed by atoms with Crippen molar-refractivity contribution in [2.75, 3.05) is 7.11 Å². The summed E-state index contributed by atoms with van der Waals surface area (Å²) in [5.74, 6) is -0.444. The van der Waals surface area contributed by atoms with Crippen molar-refractivity contribution in [3.63, 3.8) is 0 Å². The van der Waals surface area contributed by atoms with Crippen LogP contribution in [0.4, 0.5) is 0 Å². The predicted molar refractivity (Wildman–Crippen MR) is 115 cm³/mol. The smallest absolute Gasteiger partial charge is 0.337 e. The molecule has 0 N–H and O–H groups in total. The SMILES string of the molecule is CCc1ccc(-n2c(=C(C#N)C#N)s/c(=C/c3ccc(C(=O)OC)cc3)c2=O)cc1. The molecular formula is C23H17N3O3S. The van der Waals surface area contributed by atoms with Gasteiger partial charge >= 0.3 is 5.97 Å². The molecule has 0 bridgehead atoms. The molecule has 0 amide bonds. The highest BCUT2D eigenvalue weighted by molar-refractivity contribution is 7.07. The Morgan fingerprint density at radius 2 is 1.73 bits per heavy atom. The molecule has 2 aromatic carbocycles. The Balaban J connectivity index is 2.23. The van der Waals surface area contributed by atoms with Crippen molar-refractivity contribution in [3.05, 3.63) is 84.8 Å². The molecule has 0 spiro atoms. The fraction of sp³-hybridized carbons (Fsp3) is 0.130. The largest absolute Gasteiger partial charge is 0.465 e. The van der Waals surface area contributed by atoms with E-state index in [9.17, 15) is 20.1 Å². The lowest BCUT2D eigenvalue weighted by atomic mass is 10.1. The standard InChI is InChI=1S/C23H17N3O3S/c1-3-15-6-10-19(11-7-15)26-21(27)20(30-22(26)18(13-24)14-25)12-16-4-8-17(9-5-16)23(28)29-2/h4-12H,3H2,1-2H3/b20-12+. The Bertz CT molecular complexity index is 1330. The first-order valence-corrected chi connectivity index (χ1v) is 9.89. The van der Waals surface area contributed by atoms with Crippen LogP contribution in [0, 0.1) is 22.7 Å². The van der Waals surface area contributed by atoms with Crippen LogP contribution >= 0.6 is 11.3 Å². The van der Waals surface area contributed by atoms with E-state index in [2.05, 4.69) is 4.74 Å². The van der Waals surface area contributed by atoms with Crippen LogP contribution < -0.4 is 14.8 Å². The second-order valence-electron chi connectivity index (χ2n) is 6.29. The third-order valence-electron chi connectivity index (χ3n) is 4.49. The molecule has 3 rings (SSSR count). The van der Waals surface area contributed by atoms with E-state index in [0.717, 1.165) is 23.3 Å². The molecule has 6 nitrogen and oxygen atoms in total. The maximum atomic E-state index is 13.1. The van der Waals surface area contributed by atoms with Crippen LogP contribution in [0.25, 0.3) is 17.3 Å². The fourth-order valence-electron chi connectivity index (χ4n) is 2.87. The van der Waals surface area contributed by atoms with E-state index >= 15 is 0 Å². The molecule has 1 heterocycles. The van der Waals surface area contributed by atoms with Crippen LogP contribution in [0.2, 0.25) is 0 Å². The minimum absolute atomic E-state index is 0.127. The second-order valence-corrected chi connectivity index (χ2v) is 7.32. The quantitative estimate of drug-likeness (QED) is 0.609. The van der Waals surface area contributed by atoms with Crippen molar-refractivity contribution in [3.8, 4) is 17.8 Å². The van der Waals surface area contributed by atoms with Gasteiger partial charge in [0.05, 0.1) is 22.9 Å². The summed E-state index contributed by atoms with van der Waals surface area (Å²) in [6, 6.07) is 17.8. The molecular weight excluding hydrogens is 398 g/mol. The van der Waals surface area contributed by atoms with Crippen molar-refractivity contribution in [1.82, 2.24) is 4.57 Å². The number of carbonyl (C=O) groups is 1. The maximum Gasteiger partial charge on any atom is 0.337 e. The van der Waals surface area contributed by atoms with Gasteiger partial charge in [0.2, 0.25) is 0 Å². The molecule has 0 fully saturated rings. The molecule has 148 valence electrons. The van der Waals surface area contributed by atoms with Gasteiger partial charge in [-0.2, -0.15) is 10.5 Å². The number of methoxy groups -OCH3 is 1. The number of aryl methyl sites for hydroxylation is 1. The van der Waals surface area contributed by atoms with Crippen LogP contribution in [-0.4, -0.2) is 17.6 Å². The van der Waals surface area contributed by atoms with E-state index < -0.39 is 5.97 Å². The zero-order chi connectivity index (χ0) is 21.7. The molecule has 30 heavy (non-hydrogen) atoms. The number of rotatable bonds is 4. The Hall–Kier alpha value is -3.94.